The van der Waals surface area contributed by atoms with Crippen LogP contribution in [0, 0.1) is 0 Å². The molecule has 152 valence electrons. The summed E-state index contributed by atoms with van der Waals surface area (Å²) in [6.45, 7) is 0.552. The fraction of sp³-hybridized carbons (Fsp3) is 0.375. The lowest BCUT2D eigenvalue weighted by Gasteiger charge is -2.12. The minimum absolute atomic E-state index is 0.0107. The molecule has 0 radical (unpaired) electrons. The summed E-state index contributed by atoms with van der Waals surface area (Å²) in [5.74, 6) is 0.0391. The quantitative estimate of drug-likeness (QED) is 0.327. The first kappa shape index (κ1) is 21.3. The Labute approximate surface area is 158 Å². The van der Waals surface area contributed by atoms with Crippen LogP contribution >= 0.6 is 0 Å². The number of rotatable bonds is 11. The Morgan fingerprint density at radius 2 is 1.75 bits per heavy atom. The van der Waals surface area contributed by atoms with Crippen molar-refractivity contribution in [1.29, 1.82) is 0 Å². The Morgan fingerprint density at radius 3 is 2.39 bits per heavy atom. The molecule has 0 spiro atoms. The van der Waals surface area contributed by atoms with Crippen molar-refractivity contribution in [2.45, 2.75) is 6.18 Å². The Morgan fingerprint density at radius 1 is 1.04 bits per heavy atom. The minimum atomic E-state index is -4.52. The topological polar surface area (TPSA) is 127 Å². The first-order valence-electron chi connectivity index (χ1n) is 8.32. The zero-order valence-electron chi connectivity index (χ0n) is 14.8. The van der Waals surface area contributed by atoms with Crippen molar-refractivity contribution < 1.29 is 22.7 Å². The molecule has 12 heteroatoms. The van der Waals surface area contributed by atoms with Crippen LogP contribution in [-0.4, -0.2) is 60.2 Å². The molecule has 0 unspecified atom stereocenters. The predicted molar refractivity (Wildman–Crippen MR) is 96.9 cm³/mol. The van der Waals surface area contributed by atoms with Gasteiger partial charge >= 0.3 is 12.2 Å². The Balaban J connectivity index is 2.11. The average molecular weight is 399 g/mol. The number of hydrogen-bond acceptors (Lipinski definition) is 9. The standard InChI is InChI=1S/C16H20F3N7O2/c17-16(18,19)10-28-15-25-13(22-8-7-21-6-5-20)24-14(26-15)23-12-3-1-11(9-27)2-4-12/h1-4,9,21H,5-8,10,20H2,(H2,22,23,24,25,26). The molecule has 0 aliphatic carbocycles. The highest BCUT2D eigenvalue weighted by Crippen LogP contribution is 2.20. The van der Waals surface area contributed by atoms with Gasteiger partial charge in [0.05, 0.1) is 0 Å². The molecule has 0 saturated carbocycles. The molecule has 9 nitrogen and oxygen atoms in total. The van der Waals surface area contributed by atoms with Gasteiger partial charge in [0.25, 0.3) is 0 Å². The number of halogens is 3. The van der Waals surface area contributed by atoms with E-state index < -0.39 is 18.8 Å². The van der Waals surface area contributed by atoms with Crippen LogP contribution in [0.1, 0.15) is 10.4 Å². The van der Waals surface area contributed by atoms with Gasteiger partial charge in [-0.15, -0.1) is 0 Å². The molecule has 0 atom stereocenters. The number of ether oxygens (including phenoxy) is 1. The molecular formula is C16H20F3N7O2. The van der Waals surface area contributed by atoms with Crippen LogP contribution in [0.15, 0.2) is 24.3 Å². The van der Waals surface area contributed by atoms with Gasteiger partial charge in [0, 0.05) is 37.4 Å². The number of anilines is 3. The number of benzene rings is 1. The second kappa shape index (κ2) is 10.4. The van der Waals surface area contributed by atoms with Crippen LogP contribution in [-0.2, 0) is 0 Å². The van der Waals surface area contributed by atoms with E-state index in [-0.39, 0.29) is 11.9 Å². The molecular weight excluding hydrogens is 379 g/mol. The third kappa shape index (κ3) is 7.72. The summed E-state index contributed by atoms with van der Waals surface area (Å²) in [6.07, 6.45) is -3.83. The minimum Gasteiger partial charge on any atom is -0.454 e. The molecule has 1 heterocycles. The van der Waals surface area contributed by atoms with Gasteiger partial charge in [0.15, 0.2) is 6.61 Å². The van der Waals surface area contributed by atoms with Gasteiger partial charge in [-0.1, -0.05) is 0 Å². The van der Waals surface area contributed by atoms with E-state index in [9.17, 15) is 18.0 Å². The number of nitrogens with one attached hydrogen (secondary N) is 3. The van der Waals surface area contributed by atoms with Crippen molar-refractivity contribution >= 4 is 23.9 Å². The number of nitrogens with two attached hydrogens (primary N) is 1. The first-order valence-corrected chi connectivity index (χ1v) is 8.32. The maximum atomic E-state index is 12.4. The van der Waals surface area contributed by atoms with Gasteiger partial charge in [-0.3, -0.25) is 4.79 Å². The maximum Gasteiger partial charge on any atom is 0.422 e. The molecule has 2 aromatic rings. The predicted octanol–water partition coefficient (Wildman–Crippen LogP) is 1.33. The van der Waals surface area contributed by atoms with Gasteiger partial charge in [0.2, 0.25) is 11.9 Å². The molecule has 0 aliphatic heterocycles. The van der Waals surface area contributed by atoms with E-state index in [2.05, 4.69) is 35.6 Å². The molecule has 0 saturated heterocycles. The molecule has 28 heavy (non-hydrogen) atoms. The van der Waals surface area contributed by atoms with E-state index in [4.69, 9.17) is 5.73 Å². The van der Waals surface area contributed by atoms with E-state index in [0.29, 0.717) is 43.7 Å². The van der Waals surface area contributed by atoms with Crippen molar-refractivity contribution in [2.75, 3.05) is 43.4 Å². The fourth-order valence-electron chi connectivity index (χ4n) is 1.97. The van der Waals surface area contributed by atoms with Crippen molar-refractivity contribution in [2.24, 2.45) is 5.73 Å². The summed E-state index contributed by atoms with van der Waals surface area (Å²) in [6, 6.07) is 5.87. The lowest BCUT2D eigenvalue weighted by atomic mass is 10.2. The first-order chi connectivity index (χ1) is 13.4. The average Bonchev–Trinajstić information content (AvgIpc) is 2.66. The van der Waals surface area contributed by atoms with Gasteiger partial charge in [-0.25, -0.2) is 0 Å². The summed E-state index contributed by atoms with van der Waals surface area (Å²) in [5, 5.41) is 8.75. The number of alkyl halides is 3. The van der Waals surface area contributed by atoms with Gasteiger partial charge in [0.1, 0.15) is 6.29 Å². The van der Waals surface area contributed by atoms with Crippen molar-refractivity contribution in [3.05, 3.63) is 29.8 Å². The van der Waals surface area contributed by atoms with Crippen molar-refractivity contribution in [3.63, 3.8) is 0 Å². The molecule has 1 aromatic carbocycles. The molecule has 2 rings (SSSR count). The van der Waals surface area contributed by atoms with Crippen molar-refractivity contribution in [1.82, 2.24) is 20.3 Å². The zero-order valence-corrected chi connectivity index (χ0v) is 14.8. The number of nitrogens with zero attached hydrogens (tertiary/aromatic N) is 3. The van der Waals surface area contributed by atoms with Crippen LogP contribution in [0.25, 0.3) is 0 Å². The lowest BCUT2D eigenvalue weighted by Crippen LogP contribution is -2.28. The van der Waals surface area contributed by atoms with Crippen LogP contribution in [0.3, 0.4) is 0 Å². The monoisotopic (exact) mass is 399 g/mol. The molecule has 0 aliphatic rings. The highest BCUT2D eigenvalue weighted by molar-refractivity contribution is 5.76. The van der Waals surface area contributed by atoms with Gasteiger partial charge in [-0.05, 0) is 24.3 Å². The van der Waals surface area contributed by atoms with E-state index >= 15 is 0 Å². The van der Waals surface area contributed by atoms with E-state index in [0.717, 1.165) is 0 Å². The van der Waals surface area contributed by atoms with Gasteiger partial charge < -0.3 is 26.4 Å². The third-order valence-corrected chi connectivity index (χ3v) is 3.19. The Hall–Kier alpha value is -2.99. The molecule has 1 aromatic heterocycles. The number of carbonyl (C=O) groups excluding carboxylic acids is 1. The second-order valence-corrected chi connectivity index (χ2v) is 5.50. The van der Waals surface area contributed by atoms with Crippen LogP contribution in [0.4, 0.5) is 30.8 Å². The summed E-state index contributed by atoms with van der Waals surface area (Å²) >= 11 is 0. The fourth-order valence-corrected chi connectivity index (χ4v) is 1.97. The van der Waals surface area contributed by atoms with Crippen LogP contribution in [0.5, 0.6) is 6.01 Å². The van der Waals surface area contributed by atoms with E-state index in [1.807, 2.05) is 0 Å². The highest BCUT2D eigenvalue weighted by Gasteiger charge is 2.29. The summed E-state index contributed by atoms with van der Waals surface area (Å²) < 4.78 is 41.8. The Bertz CT molecular complexity index is 757. The molecule has 0 bridgehead atoms. The molecule has 0 amide bonds. The highest BCUT2D eigenvalue weighted by atomic mass is 19.4. The summed E-state index contributed by atoms with van der Waals surface area (Å²) in [7, 11) is 0. The maximum absolute atomic E-state index is 12.4. The number of aldehydes is 1. The number of hydrogen-bond donors (Lipinski definition) is 4. The van der Waals surface area contributed by atoms with E-state index in [1.165, 1.54) is 0 Å². The molecule has 5 N–H and O–H groups in total. The normalized spacial score (nSPS) is 11.1. The van der Waals surface area contributed by atoms with E-state index in [1.54, 1.807) is 24.3 Å². The lowest BCUT2D eigenvalue weighted by molar-refractivity contribution is -0.154. The second-order valence-electron chi connectivity index (χ2n) is 5.50. The molecule has 0 fully saturated rings. The SMILES string of the molecule is NCCNCCNc1nc(Nc2ccc(C=O)cc2)nc(OCC(F)(F)F)n1. The summed E-state index contributed by atoms with van der Waals surface area (Å²) in [5.41, 5.74) is 6.38. The summed E-state index contributed by atoms with van der Waals surface area (Å²) in [4.78, 5) is 22.5. The smallest absolute Gasteiger partial charge is 0.422 e. The van der Waals surface area contributed by atoms with Gasteiger partial charge in [-0.2, -0.15) is 28.1 Å². The zero-order chi connectivity index (χ0) is 20.4. The number of carbonyl (C=O) groups is 1. The van der Waals surface area contributed by atoms with Crippen molar-refractivity contribution in [3.8, 4) is 6.01 Å². The third-order valence-electron chi connectivity index (χ3n) is 3.19. The largest absolute Gasteiger partial charge is 0.454 e. The number of aromatic nitrogens is 3. The van der Waals surface area contributed by atoms with Crippen LogP contribution in [0.2, 0.25) is 0 Å². The van der Waals surface area contributed by atoms with Crippen LogP contribution < -0.4 is 26.4 Å². The Kier molecular flexibility index (Phi) is 7.89.